The molecule has 0 saturated carbocycles. The van der Waals surface area contributed by atoms with Crippen LogP contribution in [0.15, 0.2) is 59.7 Å². The van der Waals surface area contributed by atoms with E-state index in [1.807, 2.05) is 25.1 Å². The topological polar surface area (TPSA) is 88.4 Å². The summed E-state index contributed by atoms with van der Waals surface area (Å²) in [4.78, 5) is 24.4. The first kappa shape index (κ1) is 21.6. The number of hydrazone groups is 1. The Bertz CT molecular complexity index is 1070. The van der Waals surface area contributed by atoms with E-state index in [1.165, 1.54) is 5.01 Å². The highest BCUT2D eigenvalue weighted by Crippen LogP contribution is 2.37. The van der Waals surface area contributed by atoms with E-state index in [0.29, 0.717) is 24.5 Å². The van der Waals surface area contributed by atoms with Crippen LogP contribution < -0.4 is 9.47 Å². The number of hydrogen-bond donors (Lipinski definition) is 1. The Morgan fingerprint density at radius 1 is 1.09 bits per heavy atom. The van der Waals surface area contributed by atoms with Crippen LogP contribution in [0, 0.1) is 11.8 Å². The molecule has 1 aliphatic heterocycles. The fraction of sp³-hybridized carbons (Fsp3) is 0.320. The molecule has 0 spiro atoms. The lowest BCUT2D eigenvalue weighted by Crippen LogP contribution is -2.45. The van der Waals surface area contributed by atoms with E-state index in [9.17, 15) is 9.59 Å². The molecule has 0 saturated heterocycles. The number of carbonyl (C=O) groups excluding carboxylic acids is 1. The average Bonchev–Trinajstić information content (AvgIpc) is 2.81. The summed E-state index contributed by atoms with van der Waals surface area (Å²) < 4.78 is 11.2. The lowest BCUT2D eigenvalue weighted by molar-refractivity contribution is -0.138. The Hall–Kier alpha value is -3.61. The largest absolute Gasteiger partial charge is 0.493 e. The molecule has 1 N–H and O–H groups in total. The Morgan fingerprint density at radius 2 is 1.81 bits per heavy atom. The summed E-state index contributed by atoms with van der Waals surface area (Å²) >= 11 is 0. The van der Waals surface area contributed by atoms with Crippen LogP contribution in [0.1, 0.15) is 41.3 Å². The lowest BCUT2D eigenvalue weighted by Gasteiger charge is -2.37. The maximum atomic E-state index is 13.2. The molecule has 0 radical (unpaired) electrons. The zero-order chi connectivity index (χ0) is 22.7. The molecule has 32 heavy (non-hydrogen) atoms. The fourth-order valence-electron chi connectivity index (χ4n) is 4.25. The number of carboxylic acid groups (broad SMARTS) is 1. The van der Waals surface area contributed by atoms with Crippen LogP contribution in [-0.2, 0) is 11.3 Å². The van der Waals surface area contributed by atoms with E-state index >= 15 is 0 Å². The predicted molar refractivity (Wildman–Crippen MR) is 120 cm³/mol. The smallest absolute Gasteiger partial charge is 0.335 e. The fourth-order valence-corrected chi connectivity index (χ4v) is 4.25. The van der Waals surface area contributed by atoms with Gasteiger partial charge in [0, 0.05) is 11.5 Å². The molecule has 2 atom stereocenters. The van der Waals surface area contributed by atoms with Crippen LogP contribution in [0.25, 0.3) is 0 Å². The molecular weight excluding hydrogens is 408 g/mol. The molecule has 1 aliphatic carbocycles. The first-order valence-corrected chi connectivity index (χ1v) is 10.7. The van der Waals surface area contributed by atoms with Crippen LogP contribution in [-0.4, -0.2) is 41.4 Å². The van der Waals surface area contributed by atoms with E-state index in [2.05, 4.69) is 12.2 Å². The van der Waals surface area contributed by atoms with E-state index in [0.717, 1.165) is 23.3 Å². The van der Waals surface area contributed by atoms with Crippen molar-refractivity contribution >= 4 is 17.6 Å². The molecule has 0 aromatic heterocycles. The molecule has 166 valence electrons. The molecule has 0 unspecified atom stereocenters. The standard InChI is InChI=1S/C25H26N2O5/c1-3-32-22-14-18(12-13-21(22)31-2)23-19-6-4-5-7-20(19)24(28)27(26-23)15-16-8-10-17(11-9-16)25(29)30/h4-5,8-14,19-20H,3,6-7,15H2,1-2H3,(H,29,30)/t19-,20+/m1/s1. The summed E-state index contributed by atoms with van der Waals surface area (Å²) in [7, 11) is 1.60. The summed E-state index contributed by atoms with van der Waals surface area (Å²) in [5, 5.41) is 15.4. The Balaban J connectivity index is 1.70. The zero-order valence-electron chi connectivity index (χ0n) is 18.2. The minimum absolute atomic E-state index is 0.000933. The third-order valence-electron chi connectivity index (χ3n) is 5.88. The number of benzene rings is 2. The molecule has 2 aromatic carbocycles. The third kappa shape index (κ3) is 4.23. The maximum absolute atomic E-state index is 13.2. The highest BCUT2D eigenvalue weighted by molar-refractivity contribution is 6.07. The number of amides is 1. The van der Waals surface area contributed by atoms with Gasteiger partial charge in [-0.25, -0.2) is 9.80 Å². The molecular formula is C25H26N2O5. The van der Waals surface area contributed by atoms with Gasteiger partial charge >= 0.3 is 5.97 Å². The van der Waals surface area contributed by atoms with Crippen molar-refractivity contribution in [3.8, 4) is 11.5 Å². The number of fused-ring (bicyclic) bond motifs is 1. The number of rotatable bonds is 7. The van der Waals surface area contributed by atoms with Gasteiger partial charge in [0.25, 0.3) is 0 Å². The van der Waals surface area contributed by atoms with Gasteiger partial charge in [-0.2, -0.15) is 5.10 Å². The number of carboxylic acids is 1. The molecule has 2 aromatic rings. The van der Waals surface area contributed by atoms with Crippen molar-refractivity contribution < 1.29 is 24.2 Å². The third-order valence-corrected chi connectivity index (χ3v) is 5.88. The summed E-state index contributed by atoms with van der Waals surface area (Å²) in [6.07, 6.45) is 5.59. The Labute approximate surface area is 187 Å². The second-order valence-electron chi connectivity index (χ2n) is 7.84. The maximum Gasteiger partial charge on any atom is 0.335 e. The summed E-state index contributed by atoms with van der Waals surface area (Å²) in [5.74, 6) is 0.130. The summed E-state index contributed by atoms with van der Waals surface area (Å²) in [6, 6.07) is 12.3. The van der Waals surface area contributed by atoms with Gasteiger partial charge in [0.1, 0.15) is 0 Å². The lowest BCUT2D eigenvalue weighted by atomic mass is 9.76. The first-order valence-electron chi connectivity index (χ1n) is 10.7. The number of carbonyl (C=O) groups is 2. The van der Waals surface area contributed by atoms with Crippen LogP contribution in [0.3, 0.4) is 0 Å². The second kappa shape index (κ2) is 9.26. The van der Waals surface area contributed by atoms with Crippen molar-refractivity contribution in [2.24, 2.45) is 16.9 Å². The minimum atomic E-state index is -0.979. The quantitative estimate of drug-likeness (QED) is 0.662. The van der Waals surface area contributed by atoms with Gasteiger partial charge in [0.2, 0.25) is 5.91 Å². The van der Waals surface area contributed by atoms with Gasteiger partial charge in [-0.05, 0) is 55.7 Å². The van der Waals surface area contributed by atoms with Gasteiger partial charge < -0.3 is 14.6 Å². The number of nitrogens with zero attached hydrogens (tertiary/aromatic N) is 2. The molecule has 1 amide bonds. The Kier molecular flexibility index (Phi) is 6.25. The second-order valence-corrected chi connectivity index (χ2v) is 7.84. The highest BCUT2D eigenvalue weighted by atomic mass is 16.5. The molecule has 7 heteroatoms. The molecule has 0 bridgehead atoms. The van der Waals surface area contributed by atoms with Gasteiger partial charge in [0.15, 0.2) is 11.5 Å². The molecule has 0 fully saturated rings. The van der Waals surface area contributed by atoms with Crippen molar-refractivity contribution in [3.63, 3.8) is 0 Å². The van der Waals surface area contributed by atoms with Crippen LogP contribution in [0.5, 0.6) is 11.5 Å². The summed E-state index contributed by atoms with van der Waals surface area (Å²) in [5.41, 5.74) is 2.78. The molecule has 1 heterocycles. The van der Waals surface area contributed by atoms with Gasteiger partial charge in [-0.1, -0.05) is 24.3 Å². The van der Waals surface area contributed by atoms with Crippen molar-refractivity contribution in [1.82, 2.24) is 5.01 Å². The van der Waals surface area contributed by atoms with E-state index in [-0.39, 0.29) is 29.9 Å². The van der Waals surface area contributed by atoms with Crippen molar-refractivity contribution in [3.05, 3.63) is 71.3 Å². The van der Waals surface area contributed by atoms with E-state index < -0.39 is 5.97 Å². The van der Waals surface area contributed by atoms with Crippen LogP contribution in [0.2, 0.25) is 0 Å². The van der Waals surface area contributed by atoms with Crippen molar-refractivity contribution in [2.45, 2.75) is 26.3 Å². The molecule has 2 aliphatic rings. The van der Waals surface area contributed by atoms with Gasteiger partial charge in [0.05, 0.1) is 37.5 Å². The molecule has 7 nitrogen and oxygen atoms in total. The average molecular weight is 434 g/mol. The van der Waals surface area contributed by atoms with Crippen LogP contribution >= 0.6 is 0 Å². The van der Waals surface area contributed by atoms with Crippen molar-refractivity contribution in [2.75, 3.05) is 13.7 Å². The summed E-state index contributed by atoms with van der Waals surface area (Å²) in [6.45, 7) is 2.71. The number of methoxy groups -OCH3 is 1. The van der Waals surface area contributed by atoms with Crippen molar-refractivity contribution in [1.29, 1.82) is 0 Å². The number of hydrogen-bond acceptors (Lipinski definition) is 5. The normalized spacial score (nSPS) is 19.9. The Morgan fingerprint density at radius 3 is 2.47 bits per heavy atom. The minimum Gasteiger partial charge on any atom is -0.493 e. The number of ether oxygens (including phenoxy) is 2. The number of allylic oxidation sites excluding steroid dienone is 2. The van der Waals surface area contributed by atoms with Gasteiger partial charge in [-0.3, -0.25) is 4.79 Å². The SMILES string of the molecule is CCOc1cc(C2=NN(Cc3ccc(C(=O)O)cc3)C(=O)[C@H]3CC=CC[C@@H]23)ccc1OC. The monoisotopic (exact) mass is 434 g/mol. The molecule has 4 rings (SSSR count). The van der Waals surface area contributed by atoms with E-state index in [1.54, 1.807) is 31.4 Å². The first-order chi connectivity index (χ1) is 15.5. The highest BCUT2D eigenvalue weighted by Gasteiger charge is 2.40. The number of aromatic carboxylic acids is 1. The van der Waals surface area contributed by atoms with Gasteiger partial charge in [-0.15, -0.1) is 0 Å². The van der Waals surface area contributed by atoms with E-state index in [4.69, 9.17) is 19.7 Å². The predicted octanol–water partition coefficient (Wildman–Crippen LogP) is 4.12. The van der Waals surface area contributed by atoms with Crippen LogP contribution in [0.4, 0.5) is 0 Å². The zero-order valence-corrected chi connectivity index (χ0v) is 18.2.